The van der Waals surface area contributed by atoms with Gasteiger partial charge in [0.2, 0.25) is 0 Å². The number of aryl methyl sites for hydroxylation is 1. The first-order valence-electron chi connectivity index (χ1n) is 6.65. The molecule has 0 amide bonds. The topological polar surface area (TPSA) is 34.9 Å². The molecule has 20 heavy (non-hydrogen) atoms. The molecule has 0 spiro atoms. The third kappa shape index (κ3) is 2.11. The molecule has 3 rings (SSSR count). The van der Waals surface area contributed by atoms with Crippen molar-refractivity contribution < 1.29 is 4.79 Å². The fourth-order valence-corrected chi connectivity index (χ4v) is 2.49. The van der Waals surface area contributed by atoms with Crippen molar-refractivity contribution in [1.82, 2.24) is 9.78 Å². The van der Waals surface area contributed by atoms with Gasteiger partial charge < -0.3 is 0 Å². The zero-order valence-corrected chi connectivity index (χ0v) is 11.6. The van der Waals surface area contributed by atoms with Gasteiger partial charge in [0.15, 0.2) is 5.78 Å². The van der Waals surface area contributed by atoms with E-state index >= 15 is 0 Å². The summed E-state index contributed by atoms with van der Waals surface area (Å²) in [5, 5.41) is 6.45. The number of Topliss-reactive ketones (excluding diaryl/α,β-unsaturated/α-hetero) is 1. The Morgan fingerprint density at radius 1 is 1.15 bits per heavy atom. The lowest BCUT2D eigenvalue weighted by Crippen LogP contribution is -2.05. The maximum absolute atomic E-state index is 12.4. The highest BCUT2D eigenvalue weighted by Gasteiger charge is 2.14. The normalized spacial score (nSPS) is 10.9. The molecule has 1 heterocycles. The summed E-state index contributed by atoms with van der Waals surface area (Å²) in [7, 11) is 1.85. The molecule has 2 aromatic carbocycles. The summed E-state index contributed by atoms with van der Waals surface area (Å²) in [5.41, 5.74) is 2.69. The molecule has 1 aromatic heterocycles. The van der Waals surface area contributed by atoms with Crippen LogP contribution in [0.1, 0.15) is 21.6 Å². The van der Waals surface area contributed by atoms with E-state index in [1.807, 2.05) is 38.2 Å². The number of nitrogens with zero attached hydrogens (tertiary/aromatic N) is 2. The number of hydrogen-bond acceptors (Lipinski definition) is 2. The zero-order valence-electron chi connectivity index (χ0n) is 11.6. The van der Waals surface area contributed by atoms with E-state index in [4.69, 9.17) is 0 Å². The van der Waals surface area contributed by atoms with Crippen LogP contribution in [-0.4, -0.2) is 15.6 Å². The van der Waals surface area contributed by atoms with Gasteiger partial charge in [-0.3, -0.25) is 9.48 Å². The summed E-state index contributed by atoms with van der Waals surface area (Å²) in [6.07, 6.45) is 2.07. The second kappa shape index (κ2) is 4.93. The third-order valence-corrected chi connectivity index (χ3v) is 3.77. The molecule has 0 saturated carbocycles. The molecule has 0 aliphatic heterocycles. The number of ketones is 1. The molecule has 0 bridgehead atoms. The molecular formula is C17H16N2O. The highest BCUT2D eigenvalue weighted by atomic mass is 16.1. The van der Waals surface area contributed by atoms with Crippen LogP contribution in [0.2, 0.25) is 0 Å². The molecule has 100 valence electrons. The van der Waals surface area contributed by atoms with Crippen LogP contribution >= 0.6 is 0 Å². The van der Waals surface area contributed by atoms with E-state index in [-0.39, 0.29) is 5.78 Å². The van der Waals surface area contributed by atoms with Crippen LogP contribution in [-0.2, 0) is 13.5 Å². The van der Waals surface area contributed by atoms with Crippen molar-refractivity contribution in [2.75, 3.05) is 0 Å². The summed E-state index contributed by atoms with van der Waals surface area (Å²) in [6, 6.07) is 14.2. The van der Waals surface area contributed by atoms with E-state index in [2.05, 4.69) is 23.3 Å². The lowest BCUT2D eigenvalue weighted by Gasteiger charge is -2.06. The Morgan fingerprint density at radius 2 is 1.90 bits per heavy atom. The average molecular weight is 264 g/mol. The van der Waals surface area contributed by atoms with E-state index in [0.717, 1.165) is 16.6 Å². The predicted molar refractivity (Wildman–Crippen MR) is 79.9 cm³/mol. The van der Waals surface area contributed by atoms with Crippen LogP contribution in [0.15, 0.2) is 48.7 Å². The molecule has 0 aliphatic carbocycles. The summed E-state index contributed by atoms with van der Waals surface area (Å²) >= 11 is 0. The Bertz CT molecular complexity index is 781. The number of aromatic nitrogens is 2. The molecule has 0 fully saturated rings. The van der Waals surface area contributed by atoms with Crippen molar-refractivity contribution in [3.8, 4) is 0 Å². The van der Waals surface area contributed by atoms with Gasteiger partial charge in [-0.15, -0.1) is 0 Å². The molecule has 3 aromatic rings. The monoisotopic (exact) mass is 264 g/mol. The Labute approximate surface area is 117 Å². The number of carbonyl (C=O) groups excluding carboxylic acids is 1. The highest BCUT2D eigenvalue weighted by Crippen LogP contribution is 2.20. The first-order valence-corrected chi connectivity index (χ1v) is 6.65. The molecule has 0 aliphatic rings. The Kier molecular flexibility index (Phi) is 3.11. The average Bonchev–Trinajstić information content (AvgIpc) is 2.79. The van der Waals surface area contributed by atoms with Gasteiger partial charge in [0.1, 0.15) is 0 Å². The second-order valence-corrected chi connectivity index (χ2v) is 5.01. The van der Waals surface area contributed by atoms with Crippen molar-refractivity contribution in [1.29, 1.82) is 0 Å². The minimum atomic E-state index is 0.118. The molecule has 0 unspecified atom stereocenters. The van der Waals surface area contributed by atoms with E-state index in [1.165, 1.54) is 5.39 Å². The molecule has 3 heteroatoms. The van der Waals surface area contributed by atoms with Gasteiger partial charge in [0, 0.05) is 19.2 Å². The van der Waals surface area contributed by atoms with Gasteiger partial charge >= 0.3 is 0 Å². The second-order valence-electron chi connectivity index (χ2n) is 5.01. The fraction of sp³-hybridized carbons (Fsp3) is 0.176. The lowest BCUT2D eigenvalue weighted by molar-refractivity contribution is 0.0992. The third-order valence-electron chi connectivity index (χ3n) is 3.77. The molecule has 0 radical (unpaired) electrons. The molecule has 3 nitrogen and oxygen atoms in total. The van der Waals surface area contributed by atoms with Crippen molar-refractivity contribution in [2.24, 2.45) is 7.05 Å². The smallest absolute Gasteiger partial charge is 0.170 e. The number of carbonyl (C=O) groups is 1. The van der Waals surface area contributed by atoms with Crippen molar-refractivity contribution >= 4 is 16.6 Å². The van der Waals surface area contributed by atoms with Gasteiger partial charge in [-0.1, -0.05) is 42.5 Å². The van der Waals surface area contributed by atoms with E-state index in [0.29, 0.717) is 12.0 Å². The van der Waals surface area contributed by atoms with Crippen LogP contribution in [0.5, 0.6) is 0 Å². The van der Waals surface area contributed by atoms with Gasteiger partial charge in [0.05, 0.1) is 11.8 Å². The zero-order chi connectivity index (χ0) is 14.1. The summed E-state index contributed by atoms with van der Waals surface area (Å²) in [6.45, 7) is 1.92. The number of rotatable bonds is 3. The maximum Gasteiger partial charge on any atom is 0.170 e. The first-order chi connectivity index (χ1) is 9.66. The minimum Gasteiger partial charge on any atom is -0.294 e. The predicted octanol–water partition coefficient (Wildman–Crippen LogP) is 3.31. The van der Waals surface area contributed by atoms with Crippen LogP contribution in [0, 0.1) is 6.92 Å². The number of fused-ring (bicyclic) bond motifs is 1. The van der Waals surface area contributed by atoms with Gasteiger partial charge in [-0.05, 0) is 23.3 Å². The summed E-state index contributed by atoms with van der Waals surface area (Å²) in [5.74, 6) is 0.118. The van der Waals surface area contributed by atoms with Crippen LogP contribution in [0.3, 0.4) is 0 Å². The van der Waals surface area contributed by atoms with Crippen molar-refractivity contribution in [2.45, 2.75) is 13.3 Å². The first kappa shape index (κ1) is 12.6. The van der Waals surface area contributed by atoms with Crippen molar-refractivity contribution in [3.05, 3.63) is 65.5 Å². The SMILES string of the molecule is Cc1c(C(=O)Cc2cccc3ccccc23)cnn1C. The highest BCUT2D eigenvalue weighted by molar-refractivity contribution is 6.00. The fourth-order valence-electron chi connectivity index (χ4n) is 2.49. The van der Waals surface area contributed by atoms with E-state index < -0.39 is 0 Å². The van der Waals surface area contributed by atoms with Gasteiger partial charge in [-0.25, -0.2) is 0 Å². The minimum absolute atomic E-state index is 0.118. The molecule has 0 N–H and O–H groups in total. The molecule has 0 saturated heterocycles. The van der Waals surface area contributed by atoms with E-state index in [1.54, 1.807) is 10.9 Å². The molecule has 0 atom stereocenters. The van der Waals surface area contributed by atoms with Gasteiger partial charge in [-0.2, -0.15) is 5.10 Å². The number of benzene rings is 2. The standard InChI is InChI=1S/C17H16N2O/c1-12-16(11-18-19(12)2)17(20)10-14-8-5-7-13-6-3-4-9-15(13)14/h3-9,11H,10H2,1-2H3. The van der Waals surface area contributed by atoms with Crippen LogP contribution < -0.4 is 0 Å². The Balaban J connectivity index is 1.97. The van der Waals surface area contributed by atoms with Gasteiger partial charge in [0.25, 0.3) is 0 Å². The quantitative estimate of drug-likeness (QED) is 0.680. The Hall–Kier alpha value is -2.42. The summed E-state index contributed by atoms with van der Waals surface area (Å²) in [4.78, 5) is 12.4. The molecular weight excluding hydrogens is 248 g/mol. The van der Waals surface area contributed by atoms with Crippen LogP contribution in [0.25, 0.3) is 10.8 Å². The summed E-state index contributed by atoms with van der Waals surface area (Å²) < 4.78 is 1.73. The van der Waals surface area contributed by atoms with Crippen molar-refractivity contribution in [3.63, 3.8) is 0 Å². The van der Waals surface area contributed by atoms with E-state index in [9.17, 15) is 4.79 Å². The lowest BCUT2D eigenvalue weighted by atomic mass is 9.98. The largest absolute Gasteiger partial charge is 0.294 e. The maximum atomic E-state index is 12.4. The number of hydrogen-bond donors (Lipinski definition) is 0. The Morgan fingerprint density at radius 3 is 2.65 bits per heavy atom. The van der Waals surface area contributed by atoms with Crippen LogP contribution in [0.4, 0.5) is 0 Å².